The number of Topliss-reactive ketones (excluding diaryl/α,β-unsaturated/α-hetero) is 1. The van der Waals surface area contributed by atoms with Gasteiger partial charge in [0.15, 0.2) is 0 Å². The van der Waals surface area contributed by atoms with Crippen LogP contribution in [0.25, 0.3) is 0 Å². The molecule has 2 atom stereocenters. The molecule has 0 saturated carbocycles. The van der Waals surface area contributed by atoms with Crippen LogP contribution in [0.3, 0.4) is 0 Å². The molecule has 1 saturated heterocycles. The van der Waals surface area contributed by atoms with Gasteiger partial charge in [0.05, 0.1) is 23.1 Å². The van der Waals surface area contributed by atoms with Crippen LogP contribution in [-0.2, 0) is 14.4 Å². The summed E-state index contributed by atoms with van der Waals surface area (Å²) in [6.45, 7) is 4.69. The fourth-order valence-corrected chi connectivity index (χ4v) is 2.59. The number of aliphatic carboxylic acids is 1. The summed E-state index contributed by atoms with van der Waals surface area (Å²) in [5.74, 6) is -1.77. The van der Waals surface area contributed by atoms with Gasteiger partial charge in [0, 0.05) is 6.42 Å². The van der Waals surface area contributed by atoms with E-state index in [0.29, 0.717) is 5.57 Å². The van der Waals surface area contributed by atoms with Crippen LogP contribution in [0.5, 0.6) is 0 Å². The first kappa shape index (κ1) is 14.4. The van der Waals surface area contributed by atoms with E-state index in [4.69, 9.17) is 0 Å². The number of hydrogen-bond donors (Lipinski definition) is 0. The van der Waals surface area contributed by atoms with Crippen molar-refractivity contribution >= 4 is 17.7 Å². The molecule has 1 unspecified atom stereocenters. The molecule has 86 valence electrons. The van der Waals surface area contributed by atoms with Gasteiger partial charge < -0.3 is 14.8 Å². The molecule has 0 aromatic heterocycles. The SMILES string of the molecule is CC(=O)C1(C)C(C)=C(C(=O)[O-])N2C(=O)C[C@H]21.[Na+]. The molecular weight excluding hydrogens is 233 g/mol. The zero-order valence-electron chi connectivity index (χ0n) is 10.4. The minimum atomic E-state index is -1.39. The van der Waals surface area contributed by atoms with Gasteiger partial charge >= 0.3 is 29.6 Å². The summed E-state index contributed by atoms with van der Waals surface area (Å²) in [6.07, 6.45) is 0.226. The Kier molecular flexibility index (Phi) is 3.58. The third-order valence-corrected chi connectivity index (χ3v) is 3.91. The topological polar surface area (TPSA) is 77.5 Å². The molecular formula is C11H12NNaO4. The number of hydrogen-bond acceptors (Lipinski definition) is 4. The number of carboxylic acids is 1. The van der Waals surface area contributed by atoms with E-state index >= 15 is 0 Å². The maximum Gasteiger partial charge on any atom is 1.00 e. The van der Waals surface area contributed by atoms with E-state index < -0.39 is 11.4 Å². The van der Waals surface area contributed by atoms with Crippen LogP contribution in [0.4, 0.5) is 0 Å². The molecule has 2 aliphatic heterocycles. The van der Waals surface area contributed by atoms with Gasteiger partial charge in [-0.15, -0.1) is 0 Å². The molecule has 2 rings (SSSR count). The Morgan fingerprint density at radius 1 is 1.47 bits per heavy atom. The van der Waals surface area contributed by atoms with Gasteiger partial charge in [-0.2, -0.15) is 0 Å². The Morgan fingerprint density at radius 2 is 2.00 bits per heavy atom. The second-order valence-electron chi connectivity index (χ2n) is 4.50. The molecule has 5 nitrogen and oxygen atoms in total. The van der Waals surface area contributed by atoms with Gasteiger partial charge in [0.25, 0.3) is 0 Å². The van der Waals surface area contributed by atoms with Crippen molar-refractivity contribution in [2.75, 3.05) is 0 Å². The molecule has 2 aliphatic rings. The quantitative estimate of drug-likeness (QED) is 0.369. The Bertz CT molecular complexity index is 456. The van der Waals surface area contributed by atoms with Crippen molar-refractivity contribution in [3.8, 4) is 0 Å². The normalized spacial score (nSPS) is 30.6. The van der Waals surface area contributed by atoms with Gasteiger partial charge in [-0.3, -0.25) is 9.59 Å². The summed E-state index contributed by atoms with van der Waals surface area (Å²) >= 11 is 0. The summed E-state index contributed by atoms with van der Waals surface area (Å²) in [6, 6.07) is -0.342. The standard InChI is InChI=1S/C11H13NO4.Na/c1-5-9(10(15)16)12-7(4-8(12)14)11(5,3)6(2)13;/h7H,4H2,1-3H3,(H,15,16);/q;+1/p-1/t7-,11?;/m0./s1. The van der Waals surface area contributed by atoms with Crippen LogP contribution >= 0.6 is 0 Å². The van der Waals surface area contributed by atoms with Crippen LogP contribution < -0.4 is 34.7 Å². The number of rotatable bonds is 2. The molecule has 0 spiro atoms. The maximum absolute atomic E-state index is 11.7. The van der Waals surface area contributed by atoms with Crippen molar-refractivity contribution < 1.29 is 49.0 Å². The fourth-order valence-electron chi connectivity index (χ4n) is 2.59. The van der Waals surface area contributed by atoms with Gasteiger partial charge in [-0.05, 0) is 26.3 Å². The fraction of sp³-hybridized carbons (Fsp3) is 0.545. The minimum absolute atomic E-state index is 0. The van der Waals surface area contributed by atoms with Gasteiger partial charge in [0.1, 0.15) is 5.78 Å². The van der Waals surface area contributed by atoms with Gasteiger partial charge in [-0.25, -0.2) is 0 Å². The van der Waals surface area contributed by atoms with Crippen molar-refractivity contribution in [3.05, 3.63) is 11.3 Å². The molecule has 6 heteroatoms. The summed E-state index contributed by atoms with van der Waals surface area (Å²) in [4.78, 5) is 35.2. The molecule has 0 N–H and O–H groups in total. The number of nitrogens with zero attached hydrogens (tertiary/aromatic N) is 1. The third kappa shape index (κ3) is 1.60. The molecule has 0 aliphatic carbocycles. The molecule has 0 aromatic rings. The first-order valence-corrected chi connectivity index (χ1v) is 5.07. The molecule has 0 radical (unpaired) electrons. The Balaban J connectivity index is 0.00000144. The number of carbonyl (C=O) groups excluding carboxylic acids is 3. The van der Waals surface area contributed by atoms with Crippen LogP contribution in [0.1, 0.15) is 27.2 Å². The molecule has 1 amide bonds. The number of ketones is 1. The van der Waals surface area contributed by atoms with E-state index in [9.17, 15) is 19.5 Å². The largest absolute Gasteiger partial charge is 1.00 e. The predicted octanol–water partition coefficient (Wildman–Crippen LogP) is -3.78. The molecule has 0 bridgehead atoms. The van der Waals surface area contributed by atoms with Crippen molar-refractivity contribution in [1.82, 2.24) is 4.90 Å². The maximum atomic E-state index is 11.7. The third-order valence-electron chi connectivity index (χ3n) is 3.91. The average Bonchev–Trinajstić information content (AvgIpc) is 2.36. The molecule has 17 heavy (non-hydrogen) atoms. The number of carbonyl (C=O) groups is 3. The molecule has 2 heterocycles. The minimum Gasteiger partial charge on any atom is -0.543 e. The van der Waals surface area contributed by atoms with E-state index in [0.717, 1.165) is 0 Å². The summed E-state index contributed by atoms with van der Waals surface area (Å²) in [7, 11) is 0. The first-order valence-electron chi connectivity index (χ1n) is 5.07. The predicted molar refractivity (Wildman–Crippen MR) is 51.7 cm³/mol. The second-order valence-corrected chi connectivity index (χ2v) is 4.50. The number of fused-ring (bicyclic) bond motifs is 1. The van der Waals surface area contributed by atoms with E-state index in [1.165, 1.54) is 11.8 Å². The van der Waals surface area contributed by atoms with E-state index in [1.54, 1.807) is 13.8 Å². The Labute approximate surface area is 121 Å². The van der Waals surface area contributed by atoms with Crippen molar-refractivity contribution in [2.24, 2.45) is 5.41 Å². The molecule has 1 fully saturated rings. The number of β-lactam (4-membered cyclic amide) rings is 1. The second kappa shape index (κ2) is 4.23. The van der Waals surface area contributed by atoms with Crippen molar-refractivity contribution in [3.63, 3.8) is 0 Å². The van der Waals surface area contributed by atoms with E-state index in [1.807, 2.05) is 0 Å². The smallest absolute Gasteiger partial charge is 0.543 e. The Hall–Kier alpha value is -0.650. The summed E-state index contributed by atoms with van der Waals surface area (Å²) < 4.78 is 0. The monoisotopic (exact) mass is 245 g/mol. The average molecular weight is 245 g/mol. The van der Waals surface area contributed by atoms with Gasteiger partial charge in [-0.1, -0.05) is 0 Å². The van der Waals surface area contributed by atoms with Crippen molar-refractivity contribution in [2.45, 2.75) is 33.2 Å². The van der Waals surface area contributed by atoms with Crippen LogP contribution in [0.2, 0.25) is 0 Å². The van der Waals surface area contributed by atoms with Crippen molar-refractivity contribution in [1.29, 1.82) is 0 Å². The van der Waals surface area contributed by atoms with Crippen LogP contribution in [-0.4, -0.2) is 28.6 Å². The van der Waals surface area contributed by atoms with E-state index in [-0.39, 0.29) is 59.4 Å². The Morgan fingerprint density at radius 3 is 2.29 bits per heavy atom. The molecule has 0 aromatic carbocycles. The zero-order chi connectivity index (χ0) is 12.2. The zero-order valence-corrected chi connectivity index (χ0v) is 12.4. The summed E-state index contributed by atoms with van der Waals surface area (Å²) in [5.41, 5.74) is -0.571. The first-order chi connectivity index (χ1) is 7.31. The van der Waals surface area contributed by atoms with Crippen LogP contribution in [0.15, 0.2) is 11.3 Å². The number of amides is 1. The summed E-state index contributed by atoms with van der Waals surface area (Å²) in [5, 5.41) is 11.0. The number of carboxylic acid groups (broad SMARTS) is 1. The van der Waals surface area contributed by atoms with Crippen LogP contribution in [0, 0.1) is 5.41 Å². The van der Waals surface area contributed by atoms with E-state index in [2.05, 4.69) is 0 Å². The van der Waals surface area contributed by atoms with Gasteiger partial charge in [0.2, 0.25) is 5.91 Å².